The molecule has 1 aromatic carbocycles. The van der Waals surface area contributed by atoms with Crippen LogP contribution in [0.1, 0.15) is 0 Å². The average molecular weight is 271 g/mol. The molecular weight excluding hydrogens is 268 g/mol. The Morgan fingerprint density at radius 1 is 1.12 bits per heavy atom. The Kier molecular flexibility index (Phi) is 3.83. The SMILES string of the molecule is C=CC(=O)Oc1c(F)c(F)c(Cl)c(Cl)c1F. The van der Waals surface area contributed by atoms with Crippen molar-refractivity contribution in [2.24, 2.45) is 0 Å². The number of hydrogen-bond acceptors (Lipinski definition) is 2. The van der Waals surface area contributed by atoms with E-state index >= 15 is 0 Å². The summed E-state index contributed by atoms with van der Waals surface area (Å²) in [6.45, 7) is 3.01. The first-order valence-electron chi connectivity index (χ1n) is 3.75. The topological polar surface area (TPSA) is 26.3 Å². The van der Waals surface area contributed by atoms with Crippen LogP contribution in [0.25, 0.3) is 0 Å². The molecule has 0 aliphatic rings. The molecule has 0 radical (unpaired) electrons. The van der Waals surface area contributed by atoms with Crippen LogP contribution in [-0.4, -0.2) is 5.97 Å². The zero-order valence-corrected chi connectivity index (χ0v) is 9.00. The van der Waals surface area contributed by atoms with Gasteiger partial charge in [-0.2, -0.15) is 4.39 Å². The third-order valence-electron chi connectivity index (χ3n) is 1.54. The molecule has 2 nitrogen and oxygen atoms in total. The van der Waals surface area contributed by atoms with E-state index in [0.29, 0.717) is 6.08 Å². The van der Waals surface area contributed by atoms with Gasteiger partial charge in [0.15, 0.2) is 11.6 Å². The smallest absolute Gasteiger partial charge is 0.335 e. The van der Waals surface area contributed by atoms with Gasteiger partial charge in [-0.1, -0.05) is 29.8 Å². The lowest BCUT2D eigenvalue weighted by Crippen LogP contribution is -2.08. The molecule has 16 heavy (non-hydrogen) atoms. The number of halogens is 5. The first kappa shape index (κ1) is 12.9. The van der Waals surface area contributed by atoms with Gasteiger partial charge in [-0.25, -0.2) is 13.6 Å². The average Bonchev–Trinajstić information content (AvgIpc) is 2.29. The largest absolute Gasteiger partial charge is 0.417 e. The van der Waals surface area contributed by atoms with E-state index in [1.807, 2.05) is 0 Å². The van der Waals surface area contributed by atoms with Crippen molar-refractivity contribution in [1.29, 1.82) is 0 Å². The molecule has 0 N–H and O–H groups in total. The normalized spacial score (nSPS) is 10.1. The number of benzene rings is 1. The summed E-state index contributed by atoms with van der Waals surface area (Å²) in [5, 5.41) is -1.79. The summed E-state index contributed by atoms with van der Waals surface area (Å²) in [4.78, 5) is 10.7. The molecule has 0 aromatic heterocycles. The lowest BCUT2D eigenvalue weighted by molar-refractivity contribution is -0.129. The standard InChI is InChI=1S/C9H3Cl2F3O2/c1-2-3(15)16-9-7(13)5(11)4(10)6(12)8(9)14/h2H,1H2. The third-order valence-corrected chi connectivity index (χ3v) is 2.35. The zero-order chi connectivity index (χ0) is 12.5. The van der Waals surface area contributed by atoms with Crippen LogP contribution in [0.4, 0.5) is 13.2 Å². The van der Waals surface area contributed by atoms with Crippen LogP contribution in [0.5, 0.6) is 5.75 Å². The molecule has 0 aliphatic heterocycles. The van der Waals surface area contributed by atoms with Crippen molar-refractivity contribution < 1.29 is 22.7 Å². The zero-order valence-electron chi connectivity index (χ0n) is 7.49. The fraction of sp³-hybridized carbons (Fsp3) is 0. The minimum absolute atomic E-state index is 0.652. The highest BCUT2D eigenvalue weighted by molar-refractivity contribution is 6.42. The van der Waals surface area contributed by atoms with E-state index in [-0.39, 0.29) is 0 Å². The monoisotopic (exact) mass is 270 g/mol. The van der Waals surface area contributed by atoms with Gasteiger partial charge in [0.05, 0.1) is 0 Å². The van der Waals surface area contributed by atoms with Crippen molar-refractivity contribution in [1.82, 2.24) is 0 Å². The predicted octanol–water partition coefficient (Wildman–Crippen LogP) is 3.50. The highest BCUT2D eigenvalue weighted by Crippen LogP contribution is 2.36. The Labute approximate surface area is 98.2 Å². The van der Waals surface area contributed by atoms with Gasteiger partial charge in [0.1, 0.15) is 10.0 Å². The molecule has 0 bridgehead atoms. The van der Waals surface area contributed by atoms with Crippen molar-refractivity contribution in [3.05, 3.63) is 40.2 Å². The van der Waals surface area contributed by atoms with Gasteiger partial charge in [0.2, 0.25) is 11.6 Å². The van der Waals surface area contributed by atoms with E-state index in [1.54, 1.807) is 0 Å². The lowest BCUT2D eigenvalue weighted by Gasteiger charge is -2.08. The van der Waals surface area contributed by atoms with Crippen LogP contribution in [0, 0.1) is 17.5 Å². The van der Waals surface area contributed by atoms with Crippen molar-refractivity contribution in [2.75, 3.05) is 0 Å². The molecule has 0 heterocycles. The molecule has 86 valence electrons. The highest BCUT2D eigenvalue weighted by Gasteiger charge is 2.25. The van der Waals surface area contributed by atoms with Crippen LogP contribution in [0.15, 0.2) is 12.7 Å². The predicted molar refractivity (Wildman–Crippen MR) is 52.2 cm³/mol. The fourth-order valence-electron chi connectivity index (χ4n) is 0.817. The van der Waals surface area contributed by atoms with Crippen LogP contribution < -0.4 is 4.74 Å². The second-order valence-electron chi connectivity index (χ2n) is 2.52. The van der Waals surface area contributed by atoms with E-state index in [0.717, 1.165) is 0 Å². The van der Waals surface area contributed by atoms with Gasteiger partial charge in [0.25, 0.3) is 0 Å². The van der Waals surface area contributed by atoms with Gasteiger partial charge in [-0.15, -0.1) is 0 Å². The minimum atomic E-state index is -1.73. The lowest BCUT2D eigenvalue weighted by atomic mass is 10.3. The Morgan fingerprint density at radius 2 is 1.62 bits per heavy atom. The summed E-state index contributed by atoms with van der Waals surface area (Å²) in [6, 6.07) is 0. The molecule has 1 aromatic rings. The van der Waals surface area contributed by atoms with Gasteiger partial charge in [0, 0.05) is 6.08 Å². The molecule has 0 spiro atoms. The molecule has 0 atom stereocenters. The van der Waals surface area contributed by atoms with Gasteiger partial charge >= 0.3 is 5.97 Å². The fourth-order valence-corrected chi connectivity index (χ4v) is 1.15. The molecule has 0 aliphatic carbocycles. The quantitative estimate of drug-likeness (QED) is 0.270. The van der Waals surface area contributed by atoms with Crippen LogP contribution >= 0.6 is 23.2 Å². The van der Waals surface area contributed by atoms with Gasteiger partial charge in [-0.3, -0.25) is 0 Å². The maximum Gasteiger partial charge on any atom is 0.335 e. The van der Waals surface area contributed by atoms with E-state index < -0.39 is 39.2 Å². The first-order chi connectivity index (χ1) is 7.40. The number of rotatable bonds is 2. The number of esters is 1. The van der Waals surface area contributed by atoms with Crippen LogP contribution in [0.3, 0.4) is 0 Å². The molecule has 0 unspecified atom stereocenters. The van der Waals surface area contributed by atoms with E-state index in [2.05, 4.69) is 11.3 Å². The van der Waals surface area contributed by atoms with Crippen LogP contribution in [0.2, 0.25) is 10.0 Å². The number of carbonyl (C=O) groups excluding carboxylic acids is 1. The van der Waals surface area contributed by atoms with Crippen molar-refractivity contribution in [3.63, 3.8) is 0 Å². The van der Waals surface area contributed by atoms with Crippen LogP contribution in [-0.2, 0) is 4.79 Å². The number of hydrogen-bond donors (Lipinski definition) is 0. The second kappa shape index (κ2) is 4.76. The molecular formula is C9H3Cl2F3O2. The number of ether oxygens (including phenoxy) is 1. The summed E-state index contributed by atoms with van der Waals surface area (Å²) < 4.78 is 43.6. The maximum atomic E-state index is 13.3. The summed E-state index contributed by atoms with van der Waals surface area (Å²) in [6.07, 6.45) is 0.652. The number of carbonyl (C=O) groups is 1. The second-order valence-corrected chi connectivity index (χ2v) is 3.28. The molecule has 0 fully saturated rings. The summed E-state index contributed by atoms with van der Waals surface area (Å²) in [5.74, 6) is -7.20. The summed E-state index contributed by atoms with van der Waals surface area (Å²) in [5.41, 5.74) is 0. The van der Waals surface area contributed by atoms with E-state index in [9.17, 15) is 18.0 Å². The van der Waals surface area contributed by atoms with E-state index in [1.165, 1.54) is 0 Å². The summed E-state index contributed by atoms with van der Waals surface area (Å²) >= 11 is 10.4. The van der Waals surface area contributed by atoms with E-state index in [4.69, 9.17) is 23.2 Å². The highest BCUT2D eigenvalue weighted by atomic mass is 35.5. The summed E-state index contributed by atoms with van der Waals surface area (Å²) in [7, 11) is 0. The molecule has 0 amide bonds. The first-order valence-corrected chi connectivity index (χ1v) is 4.51. The van der Waals surface area contributed by atoms with Crippen molar-refractivity contribution >= 4 is 29.2 Å². The third kappa shape index (κ3) is 2.15. The molecule has 0 saturated heterocycles. The molecule has 0 saturated carbocycles. The van der Waals surface area contributed by atoms with Crippen molar-refractivity contribution in [2.45, 2.75) is 0 Å². The maximum absolute atomic E-state index is 13.3. The van der Waals surface area contributed by atoms with Crippen molar-refractivity contribution in [3.8, 4) is 5.75 Å². The van der Waals surface area contributed by atoms with Gasteiger partial charge in [-0.05, 0) is 0 Å². The Bertz CT molecular complexity index is 445. The molecule has 1 rings (SSSR count). The Morgan fingerprint density at radius 3 is 2.12 bits per heavy atom. The molecule has 7 heteroatoms. The Balaban J connectivity index is 3.39. The minimum Gasteiger partial charge on any atom is -0.417 e. The van der Waals surface area contributed by atoms with Gasteiger partial charge < -0.3 is 4.74 Å². The Hall–Kier alpha value is -1.20.